The molecule has 0 N–H and O–H groups in total. The molecule has 2 rings (SSSR count). The average molecular weight is 358 g/mol. The Balaban J connectivity index is 2.57. The third-order valence-corrected chi connectivity index (χ3v) is 4.07. The summed E-state index contributed by atoms with van der Waals surface area (Å²) in [6, 6.07) is 8.33. The van der Waals surface area contributed by atoms with Crippen molar-refractivity contribution < 1.29 is 0 Å². The Bertz CT molecular complexity index is 515. The molecule has 0 fully saturated rings. The van der Waals surface area contributed by atoms with Crippen molar-refractivity contribution in [1.82, 2.24) is 9.78 Å². The van der Waals surface area contributed by atoms with Gasteiger partial charge in [0, 0.05) is 16.6 Å². The van der Waals surface area contributed by atoms with E-state index >= 15 is 0 Å². The molecule has 0 saturated carbocycles. The van der Waals surface area contributed by atoms with Gasteiger partial charge in [-0.1, -0.05) is 35.0 Å². The molecule has 1 aromatic heterocycles. The van der Waals surface area contributed by atoms with Gasteiger partial charge in [-0.15, -0.1) is 0 Å². The Morgan fingerprint density at radius 1 is 1.12 bits per heavy atom. The zero-order valence-electron chi connectivity index (χ0n) is 9.87. The molecule has 0 saturated heterocycles. The monoisotopic (exact) mass is 356 g/mol. The second kappa shape index (κ2) is 5.36. The Hall–Kier alpha value is -0.610. The van der Waals surface area contributed by atoms with Crippen LogP contribution in [0, 0.1) is 0 Å². The summed E-state index contributed by atoms with van der Waals surface area (Å²) in [5.74, 6) is 0. The molecule has 2 nitrogen and oxygen atoms in total. The van der Waals surface area contributed by atoms with Crippen molar-refractivity contribution in [3.05, 3.63) is 38.9 Å². The van der Waals surface area contributed by atoms with Gasteiger partial charge in [-0.05, 0) is 41.4 Å². The minimum absolute atomic E-state index is 0.879. The van der Waals surface area contributed by atoms with Crippen LogP contribution in [0.15, 0.2) is 33.2 Å². The molecule has 0 unspecified atom stereocenters. The maximum atomic E-state index is 4.60. The number of nitrogens with zero attached hydrogens (tertiary/aromatic N) is 2. The summed E-state index contributed by atoms with van der Waals surface area (Å²) in [6.45, 7) is 5.11. The van der Waals surface area contributed by atoms with Gasteiger partial charge in [0.15, 0.2) is 0 Å². The zero-order chi connectivity index (χ0) is 12.4. The van der Waals surface area contributed by atoms with Crippen LogP contribution < -0.4 is 0 Å². The van der Waals surface area contributed by atoms with Crippen molar-refractivity contribution in [2.75, 3.05) is 0 Å². The molecule has 0 aliphatic rings. The number of hydrogen-bond acceptors (Lipinski definition) is 1. The first-order valence-corrected chi connectivity index (χ1v) is 7.27. The fourth-order valence-corrected chi connectivity index (χ4v) is 2.89. The SMILES string of the molecule is CCc1nn(CC)c(-c2ccc(Br)cc2)c1Br. The summed E-state index contributed by atoms with van der Waals surface area (Å²) in [7, 11) is 0. The molecule has 4 heteroatoms. The van der Waals surface area contributed by atoms with E-state index in [0.29, 0.717) is 0 Å². The van der Waals surface area contributed by atoms with Gasteiger partial charge in [-0.25, -0.2) is 0 Å². The normalized spacial score (nSPS) is 10.8. The van der Waals surface area contributed by atoms with Crippen molar-refractivity contribution in [2.24, 2.45) is 0 Å². The molecule has 90 valence electrons. The molecule has 0 radical (unpaired) electrons. The molecule has 0 aliphatic carbocycles. The number of rotatable bonds is 3. The summed E-state index contributed by atoms with van der Waals surface area (Å²) in [4.78, 5) is 0. The first kappa shape index (κ1) is 12.8. The van der Waals surface area contributed by atoms with Crippen molar-refractivity contribution in [2.45, 2.75) is 26.8 Å². The van der Waals surface area contributed by atoms with Crippen LogP contribution in [0.5, 0.6) is 0 Å². The van der Waals surface area contributed by atoms with Crippen LogP contribution >= 0.6 is 31.9 Å². The van der Waals surface area contributed by atoms with Crippen LogP contribution in [0.25, 0.3) is 11.3 Å². The third-order valence-electron chi connectivity index (χ3n) is 2.71. The summed E-state index contributed by atoms with van der Waals surface area (Å²) in [5, 5.41) is 4.60. The van der Waals surface area contributed by atoms with Crippen molar-refractivity contribution >= 4 is 31.9 Å². The van der Waals surface area contributed by atoms with Gasteiger partial charge < -0.3 is 0 Å². The van der Waals surface area contributed by atoms with Gasteiger partial charge in [-0.3, -0.25) is 4.68 Å². The maximum absolute atomic E-state index is 4.60. The topological polar surface area (TPSA) is 17.8 Å². The smallest absolute Gasteiger partial charge is 0.0827 e. The molecule has 1 heterocycles. The number of halogens is 2. The Morgan fingerprint density at radius 3 is 2.29 bits per heavy atom. The van der Waals surface area contributed by atoms with Crippen LogP contribution in [-0.4, -0.2) is 9.78 Å². The molecule has 0 bridgehead atoms. The first-order valence-electron chi connectivity index (χ1n) is 5.68. The molecule has 0 spiro atoms. The van der Waals surface area contributed by atoms with Gasteiger partial charge in [0.25, 0.3) is 0 Å². The maximum Gasteiger partial charge on any atom is 0.0827 e. The van der Waals surface area contributed by atoms with Gasteiger partial charge in [0.1, 0.15) is 0 Å². The average Bonchev–Trinajstić information content (AvgIpc) is 2.67. The zero-order valence-corrected chi connectivity index (χ0v) is 13.0. The Kier molecular flexibility index (Phi) is 4.05. The lowest BCUT2D eigenvalue weighted by Crippen LogP contribution is -1.99. The fourth-order valence-electron chi connectivity index (χ4n) is 1.83. The van der Waals surface area contributed by atoms with Gasteiger partial charge in [-0.2, -0.15) is 5.10 Å². The summed E-state index contributed by atoms with van der Waals surface area (Å²) in [5.41, 5.74) is 3.47. The predicted molar refractivity (Wildman–Crippen MR) is 78.1 cm³/mol. The molecule has 0 atom stereocenters. The summed E-state index contributed by atoms with van der Waals surface area (Å²) in [6.07, 6.45) is 0.942. The highest BCUT2D eigenvalue weighted by Gasteiger charge is 2.15. The first-order chi connectivity index (χ1) is 8.17. The summed E-state index contributed by atoms with van der Waals surface area (Å²) >= 11 is 7.12. The molecule has 0 amide bonds. The minimum Gasteiger partial charge on any atom is -0.264 e. The van der Waals surface area contributed by atoms with Crippen LogP contribution in [0.1, 0.15) is 19.5 Å². The number of aromatic nitrogens is 2. The molecule has 2 aromatic rings. The van der Waals surface area contributed by atoms with E-state index in [4.69, 9.17) is 0 Å². The Morgan fingerprint density at radius 2 is 1.76 bits per heavy atom. The van der Waals surface area contributed by atoms with Crippen LogP contribution in [0.4, 0.5) is 0 Å². The lowest BCUT2D eigenvalue weighted by molar-refractivity contribution is 0.655. The lowest BCUT2D eigenvalue weighted by atomic mass is 10.1. The number of hydrogen-bond donors (Lipinski definition) is 0. The van der Waals surface area contributed by atoms with Gasteiger partial charge in [0.05, 0.1) is 15.9 Å². The highest BCUT2D eigenvalue weighted by Crippen LogP contribution is 2.32. The lowest BCUT2D eigenvalue weighted by Gasteiger charge is -2.05. The third kappa shape index (κ3) is 2.47. The Labute approximate surface area is 118 Å². The predicted octanol–water partition coefficient (Wildman–Crippen LogP) is 4.66. The molecule has 0 aliphatic heterocycles. The van der Waals surface area contributed by atoms with E-state index in [0.717, 1.165) is 33.3 Å². The van der Waals surface area contributed by atoms with Crippen LogP contribution in [0.3, 0.4) is 0 Å². The fraction of sp³-hybridized carbons (Fsp3) is 0.308. The van der Waals surface area contributed by atoms with Crippen LogP contribution in [-0.2, 0) is 13.0 Å². The van der Waals surface area contributed by atoms with E-state index in [2.05, 4.69) is 75.1 Å². The quantitative estimate of drug-likeness (QED) is 0.781. The van der Waals surface area contributed by atoms with Gasteiger partial charge >= 0.3 is 0 Å². The highest BCUT2D eigenvalue weighted by atomic mass is 79.9. The van der Waals surface area contributed by atoms with Gasteiger partial charge in [0.2, 0.25) is 0 Å². The van der Waals surface area contributed by atoms with E-state index < -0.39 is 0 Å². The minimum atomic E-state index is 0.879. The molecular weight excluding hydrogens is 344 g/mol. The van der Waals surface area contributed by atoms with E-state index in [1.54, 1.807) is 0 Å². The van der Waals surface area contributed by atoms with E-state index in [-0.39, 0.29) is 0 Å². The number of benzene rings is 1. The molecule has 17 heavy (non-hydrogen) atoms. The standard InChI is InChI=1S/C13H14Br2N2/c1-3-11-12(15)13(17(4-2)16-11)9-5-7-10(14)8-6-9/h5-8H,3-4H2,1-2H3. The second-order valence-electron chi connectivity index (χ2n) is 3.79. The largest absolute Gasteiger partial charge is 0.264 e. The van der Waals surface area contributed by atoms with E-state index in [9.17, 15) is 0 Å². The molecular formula is C13H14Br2N2. The van der Waals surface area contributed by atoms with Crippen molar-refractivity contribution in [3.8, 4) is 11.3 Å². The summed E-state index contributed by atoms with van der Waals surface area (Å²) < 4.78 is 4.26. The van der Waals surface area contributed by atoms with E-state index in [1.165, 1.54) is 5.56 Å². The van der Waals surface area contributed by atoms with Crippen LogP contribution in [0.2, 0.25) is 0 Å². The number of aryl methyl sites for hydroxylation is 2. The van der Waals surface area contributed by atoms with Crippen molar-refractivity contribution in [3.63, 3.8) is 0 Å². The van der Waals surface area contributed by atoms with Crippen molar-refractivity contribution in [1.29, 1.82) is 0 Å². The van der Waals surface area contributed by atoms with E-state index in [1.807, 2.05) is 4.68 Å². The molecule has 1 aromatic carbocycles. The highest BCUT2D eigenvalue weighted by molar-refractivity contribution is 9.10. The second-order valence-corrected chi connectivity index (χ2v) is 5.49.